The van der Waals surface area contributed by atoms with E-state index in [4.69, 9.17) is 4.74 Å². The summed E-state index contributed by atoms with van der Waals surface area (Å²) in [6.07, 6.45) is 2.12. The largest absolute Gasteiger partial charge is 0.497 e. The van der Waals surface area contributed by atoms with E-state index in [2.05, 4.69) is 20.9 Å². The van der Waals surface area contributed by atoms with E-state index in [0.29, 0.717) is 0 Å². The molecule has 0 radical (unpaired) electrons. The average molecular weight is 327 g/mol. The molecular weight excluding hydrogens is 302 g/mol. The summed E-state index contributed by atoms with van der Waals surface area (Å²) in [7, 11) is 1.65. The number of hydrogen-bond donors (Lipinski definition) is 1. The highest BCUT2D eigenvalue weighted by atomic mass is 16.5. The van der Waals surface area contributed by atoms with E-state index in [1.54, 1.807) is 7.11 Å². The molecule has 0 bridgehead atoms. The molecule has 1 aliphatic heterocycles. The van der Waals surface area contributed by atoms with Crippen molar-refractivity contribution in [1.29, 1.82) is 0 Å². The number of rotatable bonds is 6. The number of benzene rings is 1. The highest BCUT2D eigenvalue weighted by Gasteiger charge is 2.19. The molecule has 1 aromatic carbocycles. The van der Waals surface area contributed by atoms with Crippen LogP contribution in [0.15, 0.2) is 48.7 Å². The molecule has 0 aliphatic carbocycles. The van der Waals surface area contributed by atoms with E-state index >= 15 is 0 Å². The van der Waals surface area contributed by atoms with Gasteiger partial charge in [-0.15, -0.1) is 0 Å². The predicted molar refractivity (Wildman–Crippen MR) is 95.5 cm³/mol. The summed E-state index contributed by atoms with van der Waals surface area (Å²) < 4.78 is 5.22. The topological polar surface area (TPSA) is 48.8 Å². The third-order valence-corrected chi connectivity index (χ3v) is 4.54. The number of aliphatic hydroxyl groups is 1. The zero-order valence-electron chi connectivity index (χ0n) is 14.1. The maximum absolute atomic E-state index is 10.4. The zero-order valence-corrected chi connectivity index (χ0v) is 14.1. The molecule has 1 aromatic heterocycles. The Labute approximate surface area is 143 Å². The lowest BCUT2D eigenvalue weighted by atomic mass is 10.1. The van der Waals surface area contributed by atoms with Gasteiger partial charge in [0.1, 0.15) is 11.6 Å². The second-order valence-corrected chi connectivity index (χ2v) is 6.10. The second-order valence-electron chi connectivity index (χ2n) is 6.10. The van der Waals surface area contributed by atoms with Gasteiger partial charge in [0.15, 0.2) is 0 Å². The van der Waals surface area contributed by atoms with Crippen LogP contribution in [-0.2, 0) is 0 Å². The fourth-order valence-corrected chi connectivity index (χ4v) is 3.06. The van der Waals surface area contributed by atoms with Gasteiger partial charge in [-0.1, -0.05) is 18.2 Å². The van der Waals surface area contributed by atoms with Crippen LogP contribution >= 0.6 is 0 Å². The number of piperazine rings is 1. The van der Waals surface area contributed by atoms with Gasteiger partial charge in [0.05, 0.1) is 13.2 Å². The number of aliphatic hydroxyl groups excluding tert-OH is 1. The van der Waals surface area contributed by atoms with Gasteiger partial charge in [0.25, 0.3) is 0 Å². The number of anilines is 1. The first kappa shape index (κ1) is 16.7. The number of aromatic nitrogens is 1. The van der Waals surface area contributed by atoms with Crippen molar-refractivity contribution < 1.29 is 9.84 Å². The van der Waals surface area contributed by atoms with E-state index in [1.165, 1.54) is 0 Å². The van der Waals surface area contributed by atoms with Crippen molar-refractivity contribution in [2.75, 3.05) is 44.7 Å². The van der Waals surface area contributed by atoms with Crippen LogP contribution in [0.1, 0.15) is 18.1 Å². The van der Waals surface area contributed by atoms with Crippen molar-refractivity contribution >= 4 is 5.82 Å². The molecule has 1 aliphatic rings. The van der Waals surface area contributed by atoms with Crippen LogP contribution in [0.25, 0.3) is 0 Å². The monoisotopic (exact) mass is 327 g/mol. The Morgan fingerprint density at radius 3 is 2.67 bits per heavy atom. The van der Waals surface area contributed by atoms with Crippen molar-refractivity contribution in [2.45, 2.75) is 12.5 Å². The summed E-state index contributed by atoms with van der Waals surface area (Å²) in [6, 6.07) is 13.7. The number of pyridine rings is 1. The van der Waals surface area contributed by atoms with Crippen LogP contribution in [0, 0.1) is 0 Å². The Kier molecular flexibility index (Phi) is 5.67. The van der Waals surface area contributed by atoms with Gasteiger partial charge in [-0.05, 0) is 36.2 Å². The van der Waals surface area contributed by atoms with E-state index in [0.717, 1.165) is 56.3 Å². The summed E-state index contributed by atoms with van der Waals surface area (Å²) in [4.78, 5) is 9.13. The Morgan fingerprint density at radius 1 is 1.12 bits per heavy atom. The highest BCUT2D eigenvalue weighted by molar-refractivity contribution is 5.38. The lowest BCUT2D eigenvalue weighted by Gasteiger charge is -2.35. The molecule has 5 heteroatoms. The molecule has 128 valence electrons. The zero-order chi connectivity index (χ0) is 16.8. The number of hydrogen-bond acceptors (Lipinski definition) is 5. The summed E-state index contributed by atoms with van der Waals surface area (Å²) in [5, 5.41) is 10.4. The molecule has 5 nitrogen and oxygen atoms in total. The van der Waals surface area contributed by atoms with Gasteiger partial charge < -0.3 is 14.7 Å². The Balaban J connectivity index is 1.46. The molecule has 2 heterocycles. The third kappa shape index (κ3) is 4.24. The number of ether oxygens (including phenoxy) is 1. The molecule has 1 atom stereocenters. The minimum absolute atomic E-state index is 0.450. The molecule has 0 spiro atoms. The Hall–Kier alpha value is -2.11. The summed E-state index contributed by atoms with van der Waals surface area (Å²) in [5.74, 6) is 1.84. The normalized spacial score (nSPS) is 16.8. The molecule has 0 amide bonds. The molecule has 1 unspecified atom stereocenters. The minimum atomic E-state index is -0.450. The molecule has 0 saturated carbocycles. The van der Waals surface area contributed by atoms with Gasteiger partial charge in [0.2, 0.25) is 0 Å². The van der Waals surface area contributed by atoms with Gasteiger partial charge in [-0.3, -0.25) is 4.90 Å². The average Bonchev–Trinajstić information content (AvgIpc) is 2.67. The number of methoxy groups -OCH3 is 1. The van der Waals surface area contributed by atoms with Crippen LogP contribution < -0.4 is 9.64 Å². The smallest absolute Gasteiger partial charge is 0.128 e. The van der Waals surface area contributed by atoms with Crippen LogP contribution in [-0.4, -0.2) is 54.8 Å². The van der Waals surface area contributed by atoms with Crippen molar-refractivity contribution in [3.8, 4) is 5.75 Å². The van der Waals surface area contributed by atoms with Gasteiger partial charge in [-0.25, -0.2) is 4.98 Å². The lowest BCUT2D eigenvalue weighted by molar-refractivity contribution is 0.139. The fourth-order valence-electron chi connectivity index (χ4n) is 3.06. The summed E-state index contributed by atoms with van der Waals surface area (Å²) in [5.41, 5.74) is 0.918. The van der Waals surface area contributed by atoms with E-state index in [-0.39, 0.29) is 0 Å². The molecule has 3 rings (SSSR count). The van der Waals surface area contributed by atoms with Crippen molar-refractivity contribution in [3.63, 3.8) is 0 Å². The fraction of sp³-hybridized carbons (Fsp3) is 0.421. The minimum Gasteiger partial charge on any atom is -0.497 e. The van der Waals surface area contributed by atoms with Crippen molar-refractivity contribution in [2.24, 2.45) is 0 Å². The predicted octanol–water partition coefficient (Wildman–Crippen LogP) is 2.34. The summed E-state index contributed by atoms with van der Waals surface area (Å²) in [6.45, 7) is 4.86. The maximum atomic E-state index is 10.4. The Bertz CT molecular complexity index is 628. The molecule has 1 N–H and O–H groups in total. The lowest BCUT2D eigenvalue weighted by Crippen LogP contribution is -2.47. The van der Waals surface area contributed by atoms with Crippen LogP contribution in [0.4, 0.5) is 5.82 Å². The first-order chi connectivity index (χ1) is 11.8. The van der Waals surface area contributed by atoms with Gasteiger partial charge in [0, 0.05) is 38.9 Å². The Morgan fingerprint density at radius 2 is 1.96 bits per heavy atom. The van der Waals surface area contributed by atoms with Crippen LogP contribution in [0.3, 0.4) is 0 Å². The quantitative estimate of drug-likeness (QED) is 0.882. The van der Waals surface area contributed by atoms with E-state index in [1.807, 2.05) is 42.6 Å². The molecular formula is C19H25N3O2. The van der Waals surface area contributed by atoms with Crippen LogP contribution in [0.5, 0.6) is 5.75 Å². The van der Waals surface area contributed by atoms with Gasteiger partial charge >= 0.3 is 0 Å². The van der Waals surface area contributed by atoms with Crippen LogP contribution in [0.2, 0.25) is 0 Å². The maximum Gasteiger partial charge on any atom is 0.128 e. The molecule has 1 fully saturated rings. The molecule has 1 saturated heterocycles. The first-order valence-electron chi connectivity index (χ1n) is 8.46. The summed E-state index contributed by atoms with van der Waals surface area (Å²) >= 11 is 0. The third-order valence-electron chi connectivity index (χ3n) is 4.54. The standard InChI is InChI=1S/C19H25N3O2/c1-24-17-6-4-5-16(15-17)18(23)8-10-21-11-13-22(14-12-21)19-7-2-3-9-20-19/h2-7,9,15,18,23H,8,10-14H2,1H3. The highest BCUT2D eigenvalue weighted by Crippen LogP contribution is 2.22. The molecule has 24 heavy (non-hydrogen) atoms. The number of nitrogens with zero attached hydrogens (tertiary/aromatic N) is 3. The molecule has 2 aromatic rings. The second kappa shape index (κ2) is 8.13. The first-order valence-corrected chi connectivity index (χ1v) is 8.46. The van der Waals surface area contributed by atoms with E-state index in [9.17, 15) is 5.11 Å². The van der Waals surface area contributed by atoms with Gasteiger partial charge in [-0.2, -0.15) is 0 Å². The van der Waals surface area contributed by atoms with Crippen molar-refractivity contribution in [3.05, 3.63) is 54.2 Å². The SMILES string of the molecule is COc1cccc(C(O)CCN2CCN(c3ccccn3)CC2)c1. The van der Waals surface area contributed by atoms with Crippen molar-refractivity contribution in [1.82, 2.24) is 9.88 Å². The van der Waals surface area contributed by atoms with E-state index < -0.39 is 6.10 Å².